The molecule has 2 fully saturated rings. The molecule has 0 spiro atoms. The third-order valence-corrected chi connectivity index (χ3v) is 6.84. The SMILES string of the molecule is COC(=O)CN1CCC(Cc2ccc(-c3ccc(COC4CCCC4)cc3)cc2)CC1. The van der Waals surface area contributed by atoms with Crippen molar-refractivity contribution in [2.75, 3.05) is 26.7 Å². The Kier molecular flexibility index (Phi) is 7.76. The smallest absolute Gasteiger partial charge is 0.319 e. The summed E-state index contributed by atoms with van der Waals surface area (Å²) in [6.07, 6.45) is 8.93. The molecule has 0 amide bonds. The molecule has 31 heavy (non-hydrogen) atoms. The van der Waals surface area contributed by atoms with E-state index in [0.29, 0.717) is 18.6 Å². The van der Waals surface area contributed by atoms with Gasteiger partial charge in [-0.2, -0.15) is 0 Å². The normalized spacial score (nSPS) is 18.4. The fraction of sp³-hybridized carbons (Fsp3) is 0.519. The molecule has 0 radical (unpaired) electrons. The molecule has 0 bridgehead atoms. The van der Waals surface area contributed by atoms with Crippen LogP contribution < -0.4 is 0 Å². The summed E-state index contributed by atoms with van der Waals surface area (Å²) in [5.74, 6) is 0.558. The van der Waals surface area contributed by atoms with E-state index in [9.17, 15) is 4.79 Å². The average molecular weight is 422 g/mol. The molecule has 4 heteroatoms. The lowest BCUT2D eigenvalue weighted by Gasteiger charge is -2.31. The molecule has 0 unspecified atom stereocenters. The standard InChI is InChI=1S/C27H35NO3/c1-30-27(29)19-28-16-14-22(15-17-28)18-21-6-10-24(11-7-21)25-12-8-23(9-13-25)20-31-26-4-2-3-5-26/h6-13,22,26H,2-5,14-20H2,1H3. The van der Waals surface area contributed by atoms with Crippen molar-refractivity contribution in [3.05, 3.63) is 59.7 Å². The fourth-order valence-electron chi connectivity index (χ4n) is 4.82. The summed E-state index contributed by atoms with van der Waals surface area (Å²) in [6, 6.07) is 17.8. The number of benzene rings is 2. The van der Waals surface area contributed by atoms with Gasteiger partial charge in [0, 0.05) is 0 Å². The summed E-state index contributed by atoms with van der Waals surface area (Å²) in [5, 5.41) is 0. The summed E-state index contributed by atoms with van der Waals surface area (Å²) in [4.78, 5) is 13.6. The number of hydrogen-bond donors (Lipinski definition) is 0. The van der Waals surface area contributed by atoms with Crippen molar-refractivity contribution in [3.63, 3.8) is 0 Å². The first kappa shape index (κ1) is 22.0. The minimum Gasteiger partial charge on any atom is -0.468 e. The Bertz CT molecular complexity index is 817. The Labute approximate surface area is 186 Å². The maximum Gasteiger partial charge on any atom is 0.319 e. The Morgan fingerprint density at radius 3 is 2.03 bits per heavy atom. The van der Waals surface area contributed by atoms with Gasteiger partial charge >= 0.3 is 5.97 Å². The quantitative estimate of drug-likeness (QED) is 0.547. The van der Waals surface area contributed by atoms with E-state index in [1.807, 2.05) is 0 Å². The molecule has 0 N–H and O–H groups in total. The molecule has 2 aliphatic rings. The van der Waals surface area contributed by atoms with Crippen LogP contribution in [0.3, 0.4) is 0 Å². The highest BCUT2D eigenvalue weighted by Crippen LogP contribution is 2.26. The van der Waals surface area contributed by atoms with E-state index in [2.05, 4.69) is 53.4 Å². The summed E-state index contributed by atoms with van der Waals surface area (Å²) in [7, 11) is 1.46. The molecule has 2 aromatic rings. The van der Waals surface area contributed by atoms with Crippen LogP contribution in [-0.2, 0) is 27.3 Å². The highest BCUT2D eigenvalue weighted by molar-refractivity contribution is 5.71. The van der Waals surface area contributed by atoms with E-state index < -0.39 is 0 Å². The molecule has 4 nitrogen and oxygen atoms in total. The van der Waals surface area contributed by atoms with Crippen LogP contribution in [-0.4, -0.2) is 43.7 Å². The lowest BCUT2D eigenvalue weighted by molar-refractivity contribution is -0.142. The first-order valence-electron chi connectivity index (χ1n) is 11.8. The zero-order chi connectivity index (χ0) is 21.5. The number of rotatable bonds is 8. The zero-order valence-corrected chi connectivity index (χ0v) is 18.7. The lowest BCUT2D eigenvalue weighted by Crippen LogP contribution is -2.38. The second kappa shape index (κ2) is 10.9. The molecule has 1 aliphatic carbocycles. The molecule has 1 saturated heterocycles. The first-order valence-corrected chi connectivity index (χ1v) is 11.8. The van der Waals surface area contributed by atoms with Crippen LogP contribution in [0, 0.1) is 5.92 Å². The molecule has 4 rings (SSSR count). The molecule has 0 atom stereocenters. The number of carbonyl (C=O) groups excluding carboxylic acids is 1. The van der Waals surface area contributed by atoms with E-state index in [0.717, 1.165) is 39.0 Å². The minimum absolute atomic E-state index is 0.136. The van der Waals surface area contributed by atoms with Gasteiger partial charge in [0.15, 0.2) is 0 Å². The van der Waals surface area contributed by atoms with E-state index in [4.69, 9.17) is 9.47 Å². The van der Waals surface area contributed by atoms with Crippen LogP contribution in [0.1, 0.15) is 49.7 Å². The van der Waals surface area contributed by atoms with E-state index in [1.165, 1.54) is 55.0 Å². The second-order valence-corrected chi connectivity index (χ2v) is 9.11. The molecular formula is C27H35NO3. The van der Waals surface area contributed by atoms with E-state index in [1.54, 1.807) is 0 Å². The zero-order valence-electron chi connectivity index (χ0n) is 18.7. The van der Waals surface area contributed by atoms with E-state index in [-0.39, 0.29) is 5.97 Å². The van der Waals surface area contributed by atoms with Gasteiger partial charge in [0.05, 0.1) is 26.4 Å². The van der Waals surface area contributed by atoms with Gasteiger partial charge in [-0.05, 0) is 73.4 Å². The fourth-order valence-corrected chi connectivity index (χ4v) is 4.82. The van der Waals surface area contributed by atoms with E-state index >= 15 is 0 Å². The van der Waals surface area contributed by atoms with Crippen molar-refractivity contribution >= 4 is 5.97 Å². The van der Waals surface area contributed by atoms with Crippen LogP contribution in [0.5, 0.6) is 0 Å². The first-order chi connectivity index (χ1) is 15.2. The highest BCUT2D eigenvalue weighted by atomic mass is 16.5. The highest BCUT2D eigenvalue weighted by Gasteiger charge is 2.21. The Morgan fingerprint density at radius 1 is 0.871 bits per heavy atom. The third kappa shape index (κ3) is 6.41. The molecule has 0 aromatic heterocycles. The number of ether oxygens (including phenoxy) is 2. The summed E-state index contributed by atoms with van der Waals surface area (Å²) < 4.78 is 10.8. The lowest BCUT2D eigenvalue weighted by atomic mass is 9.89. The predicted octanol–water partition coefficient (Wildman–Crippen LogP) is 5.24. The monoisotopic (exact) mass is 421 g/mol. The number of carbonyl (C=O) groups is 1. The van der Waals surface area contributed by atoms with Gasteiger partial charge in [-0.15, -0.1) is 0 Å². The summed E-state index contributed by atoms with van der Waals surface area (Å²) >= 11 is 0. The number of piperidine rings is 1. The van der Waals surface area contributed by atoms with Crippen molar-refractivity contribution in [1.29, 1.82) is 0 Å². The van der Waals surface area contributed by atoms with Crippen LogP contribution in [0.4, 0.5) is 0 Å². The average Bonchev–Trinajstić information content (AvgIpc) is 3.34. The Hall–Kier alpha value is -2.17. The molecule has 1 aliphatic heterocycles. The van der Waals surface area contributed by atoms with Crippen molar-refractivity contribution in [2.24, 2.45) is 5.92 Å². The van der Waals surface area contributed by atoms with Crippen LogP contribution in [0.15, 0.2) is 48.5 Å². The Morgan fingerprint density at radius 2 is 1.45 bits per heavy atom. The van der Waals surface area contributed by atoms with Crippen molar-refractivity contribution in [1.82, 2.24) is 4.90 Å². The maximum absolute atomic E-state index is 11.4. The van der Waals surface area contributed by atoms with Gasteiger partial charge in [0.2, 0.25) is 0 Å². The van der Waals surface area contributed by atoms with Gasteiger partial charge in [-0.3, -0.25) is 9.69 Å². The van der Waals surface area contributed by atoms with Crippen LogP contribution in [0.2, 0.25) is 0 Å². The molecule has 2 aromatic carbocycles. The minimum atomic E-state index is -0.136. The van der Waals surface area contributed by atoms with Crippen molar-refractivity contribution in [3.8, 4) is 11.1 Å². The third-order valence-electron chi connectivity index (χ3n) is 6.84. The number of hydrogen-bond acceptors (Lipinski definition) is 4. The van der Waals surface area contributed by atoms with Gasteiger partial charge in [-0.25, -0.2) is 0 Å². The van der Waals surface area contributed by atoms with Crippen molar-refractivity contribution < 1.29 is 14.3 Å². The van der Waals surface area contributed by atoms with Crippen LogP contribution in [0.25, 0.3) is 11.1 Å². The second-order valence-electron chi connectivity index (χ2n) is 9.11. The molecular weight excluding hydrogens is 386 g/mol. The Balaban J connectivity index is 1.25. The van der Waals surface area contributed by atoms with Gasteiger partial charge < -0.3 is 9.47 Å². The number of likely N-dealkylation sites (tertiary alicyclic amines) is 1. The van der Waals surface area contributed by atoms with Crippen LogP contribution >= 0.6 is 0 Å². The number of esters is 1. The number of nitrogens with zero attached hydrogens (tertiary/aromatic N) is 1. The molecule has 1 saturated carbocycles. The summed E-state index contributed by atoms with van der Waals surface area (Å²) in [5.41, 5.74) is 5.18. The molecule has 1 heterocycles. The van der Waals surface area contributed by atoms with Gasteiger partial charge in [-0.1, -0.05) is 61.4 Å². The topological polar surface area (TPSA) is 38.8 Å². The summed E-state index contributed by atoms with van der Waals surface area (Å²) in [6.45, 7) is 3.11. The van der Waals surface area contributed by atoms with Gasteiger partial charge in [0.25, 0.3) is 0 Å². The predicted molar refractivity (Wildman–Crippen MR) is 124 cm³/mol. The largest absolute Gasteiger partial charge is 0.468 e. The number of methoxy groups -OCH3 is 1. The van der Waals surface area contributed by atoms with Crippen molar-refractivity contribution in [2.45, 2.75) is 57.7 Å². The molecule has 166 valence electrons. The maximum atomic E-state index is 11.4. The van der Waals surface area contributed by atoms with Gasteiger partial charge in [0.1, 0.15) is 0 Å².